The number of aromatic nitrogens is 2. The molecule has 0 fully saturated rings. The van der Waals surface area contributed by atoms with Gasteiger partial charge in [-0.1, -0.05) is 41.7 Å². The van der Waals surface area contributed by atoms with E-state index in [4.69, 9.17) is 4.98 Å². The largest absolute Gasteiger partial charge is 0.290 e. The molecular weight excluding hydrogens is 300 g/mol. The molecule has 0 amide bonds. The summed E-state index contributed by atoms with van der Waals surface area (Å²) >= 11 is 1.63. The summed E-state index contributed by atoms with van der Waals surface area (Å²) in [5.41, 5.74) is 3.21. The van der Waals surface area contributed by atoms with E-state index in [1.165, 1.54) is 0 Å². The molecule has 0 spiro atoms. The van der Waals surface area contributed by atoms with Gasteiger partial charge in [0.15, 0.2) is 4.96 Å². The van der Waals surface area contributed by atoms with Crippen molar-refractivity contribution in [1.29, 1.82) is 0 Å². The van der Waals surface area contributed by atoms with E-state index >= 15 is 0 Å². The molecule has 0 radical (unpaired) electrons. The number of hydrogen-bond donors (Lipinski definition) is 0. The van der Waals surface area contributed by atoms with Crippen molar-refractivity contribution in [1.82, 2.24) is 9.38 Å². The minimum absolute atomic E-state index is 0.857. The Hall–Kier alpha value is -1.98. The maximum atomic E-state index is 11.6. The standard InChI is InChI=1S/C16H12N2OS2/c1-21(19)12-7-8-14-15(9-12)20-16-17-13(10-18(14)16)11-5-3-2-4-6-11/h2-10H,1H3. The molecule has 3 nitrogen and oxygen atoms in total. The Morgan fingerprint density at radius 1 is 1.14 bits per heavy atom. The molecule has 0 saturated carbocycles. The average Bonchev–Trinajstić information content (AvgIpc) is 3.04. The number of hydrogen-bond acceptors (Lipinski definition) is 3. The van der Waals surface area contributed by atoms with Gasteiger partial charge >= 0.3 is 0 Å². The average molecular weight is 312 g/mol. The van der Waals surface area contributed by atoms with E-state index in [9.17, 15) is 4.21 Å². The smallest absolute Gasteiger partial charge is 0.195 e. The predicted molar refractivity (Wildman–Crippen MR) is 88.3 cm³/mol. The van der Waals surface area contributed by atoms with Crippen LogP contribution in [0.4, 0.5) is 0 Å². The van der Waals surface area contributed by atoms with Crippen molar-refractivity contribution >= 4 is 37.3 Å². The summed E-state index contributed by atoms with van der Waals surface area (Å²) in [6, 6.07) is 16.1. The van der Waals surface area contributed by atoms with Gasteiger partial charge in [-0.15, -0.1) is 0 Å². The molecule has 104 valence electrons. The van der Waals surface area contributed by atoms with Crippen molar-refractivity contribution < 1.29 is 4.21 Å². The van der Waals surface area contributed by atoms with Crippen molar-refractivity contribution in [2.75, 3.05) is 6.26 Å². The van der Waals surface area contributed by atoms with Crippen LogP contribution >= 0.6 is 11.3 Å². The Morgan fingerprint density at radius 2 is 1.95 bits per heavy atom. The van der Waals surface area contributed by atoms with Crippen LogP contribution in [0.1, 0.15) is 0 Å². The zero-order chi connectivity index (χ0) is 14.4. The van der Waals surface area contributed by atoms with Crippen molar-refractivity contribution in [3.63, 3.8) is 0 Å². The van der Waals surface area contributed by atoms with Crippen LogP contribution in [0.2, 0.25) is 0 Å². The van der Waals surface area contributed by atoms with Gasteiger partial charge in [-0.3, -0.25) is 8.61 Å². The molecule has 0 N–H and O–H groups in total. The molecule has 0 aliphatic rings. The van der Waals surface area contributed by atoms with Crippen molar-refractivity contribution in [2.24, 2.45) is 0 Å². The number of nitrogens with zero attached hydrogens (tertiary/aromatic N) is 2. The lowest BCUT2D eigenvalue weighted by atomic mass is 10.2. The molecule has 4 rings (SSSR count). The van der Waals surface area contributed by atoms with E-state index in [1.54, 1.807) is 17.6 Å². The van der Waals surface area contributed by atoms with Crippen LogP contribution in [0.3, 0.4) is 0 Å². The van der Waals surface area contributed by atoms with E-state index in [2.05, 4.69) is 22.7 Å². The van der Waals surface area contributed by atoms with Crippen LogP contribution in [0, 0.1) is 0 Å². The fourth-order valence-corrected chi connectivity index (χ4v) is 4.07. The fraction of sp³-hybridized carbons (Fsp3) is 0.0625. The third kappa shape index (κ3) is 2.09. The highest BCUT2D eigenvalue weighted by Gasteiger charge is 2.11. The SMILES string of the molecule is CS(=O)c1ccc2c(c1)sc1nc(-c3ccccc3)cn12. The highest BCUT2D eigenvalue weighted by Crippen LogP contribution is 2.30. The maximum Gasteiger partial charge on any atom is 0.195 e. The molecule has 21 heavy (non-hydrogen) atoms. The summed E-state index contributed by atoms with van der Waals surface area (Å²) in [5, 5.41) is 0. The summed E-state index contributed by atoms with van der Waals surface area (Å²) < 4.78 is 14.8. The Morgan fingerprint density at radius 3 is 2.71 bits per heavy atom. The lowest BCUT2D eigenvalue weighted by Crippen LogP contribution is -1.86. The first kappa shape index (κ1) is 12.7. The van der Waals surface area contributed by atoms with Gasteiger partial charge in [0.25, 0.3) is 0 Å². The third-order valence-electron chi connectivity index (χ3n) is 3.47. The second-order valence-corrected chi connectivity index (χ2v) is 7.22. The summed E-state index contributed by atoms with van der Waals surface area (Å²) in [4.78, 5) is 6.52. The zero-order valence-corrected chi connectivity index (χ0v) is 12.9. The topological polar surface area (TPSA) is 34.4 Å². The second-order valence-electron chi connectivity index (χ2n) is 4.83. The molecule has 5 heteroatoms. The van der Waals surface area contributed by atoms with E-state index in [-0.39, 0.29) is 0 Å². The van der Waals surface area contributed by atoms with Crippen LogP contribution in [0.5, 0.6) is 0 Å². The molecule has 0 aliphatic heterocycles. The van der Waals surface area contributed by atoms with Gasteiger partial charge in [0.1, 0.15) is 0 Å². The molecule has 1 atom stereocenters. The summed E-state index contributed by atoms with van der Waals surface area (Å²) in [6.07, 6.45) is 3.76. The van der Waals surface area contributed by atoms with Crippen molar-refractivity contribution in [3.05, 3.63) is 54.7 Å². The number of imidazole rings is 1. The van der Waals surface area contributed by atoms with E-state index in [0.717, 1.165) is 31.3 Å². The van der Waals surface area contributed by atoms with Gasteiger partial charge in [-0.05, 0) is 18.2 Å². The zero-order valence-electron chi connectivity index (χ0n) is 11.3. The Labute approximate surface area is 128 Å². The normalized spacial score (nSPS) is 13.0. The molecule has 0 bridgehead atoms. The molecule has 0 aliphatic carbocycles. The molecule has 4 aromatic rings. The lowest BCUT2D eigenvalue weighted by molar-refractivity contribution is 0.687. The van der Waals surface area contributed by atoms with Crippen LogP contribution in [0.25, 0.3) is 26.4 Å². The fourth-order valence-electron chi connectivity index (χ4n) is 2.41. The summed E-state index contributed by atoms with van der Waals surface area (Å²) in [5.74, 6) is 0. The molecule has 0 saturated heterocycles. The molecule has 1 unspecified atom stereocenters. The maximum absolute atomic E-state index is 11.6. The van der Waals surface area contributed by atoms with E-state index in [0.29, 0.717) is 0 Å². The van der Waals surface area contributed by atoms with Gasteiger partial charge < -0.3 is 0 Å². The van der Waals surface area contributed by atoms with Crippen molar-refractivity contribution in [2.45, 2.75) is 4.90 Å². The Balaban J connectivity index is 1.92. The first-order valence-electron chi connectivity index (χ1n) is 6.53. The summed E-state index contributed by atoms with van der Waals surface area (Å²) in [6.45, 7) is 0. The van der Waals surface area contributed by atoms with Gasteiger partial charge in [0.05, 0.1) is 15.9 Å². The molecule has 2 aromatic heterocycles. The van der Waals surface area contributed by atoms with E-state index < -0.39 is 10.8 Å². The van der Waals surface area contributed by atoms with Gasteiger partial charge in [-0.2, -0.15) is 0 Å². The van der Waals surface area contributed by atoms with Gasteiger partial charge in [0.2, 0.25) is 0 Å². The predicted octanol–water partition coefficient (Wildman–Crippen LogP) is 3.95. The quantitative estimate of drug-likeness (QED) is 0.561. The molecule has 2 heterocycles. The van der Waals surface area contributed by atoms with Crippen LogP contribution in [-0.4, -0.2) is 19.8 Å². The minimum Gasteiger partial charge on any atom is -0.290 e. The second kappa shape index (κ2) is 4.79. The third-order valence-corrected chi connectivity index (χ3v) is 5.40. The first-order chi connectivity index (χ1) is 10.2. The summed E-state index contributed by atoms with van der Waals surface area (Å²) in [7, 11) is -0.952. The lowest BCUT2D eigenvalue weighted by Gasteiger charge is -1.97. The molecular formula is C16H12N2OS2. The van der Waals surface area contributed by atoms with Crippen LogP contribution in [-0.2, 0) is 10.8 Å². The monoisotopic (exact) mass is 312 g/mol. The van der Waals surface area contributed by atoms with Crippen LogP contribution < -0.4 is 0 Å². The minimum atomic E-state index is -0.952. The number of benzene rings is 2. The van der Waals surface area contributed by atoms with Gasteiger partial charge in [0, 0.05) is 33.7 Å². The Kier molecular flexibility index (Phi) is 2.90. The Bertz CT molecular complexity index is 970. The van der Waals surface area contributed by atoms with Crippen LogP contribution in [0.15, 0.2) is 59.6 Å². The first-order valence-corrected chi connectivity index (χ1v) is 8.90. The highest BCUT2D eigenvalue weighted by atomic mass is 32.2. The number of thiazole rings is 1. The van der Waals surface area contributed by atoms with Crippen molar-refractivity contribution in [3.8, 4) is 11.3 Å². The highest BCUT2D eigenvalue weighted by molar-refractivity contribution is 7.84. The van der Waals surface area contributed by atoms with Gasteiger partial charge in [-0.25, -0.2) is 4.98 Å². The number of rotatable bonds is 2. The van der Waals surface area contributed by atoms with E-state index in [1.807, 2.05) is 36.4 Å². The molecule has 2 aromatic carbocycles. The number of fused-ring (bicyclic) bond motifs is 3.